The lowest BCUT2D eigenvalue weighted by Crippen LogP contribution is -2.41. The molecular weight excluding hydrogens is 278 g/mol. The van der Waals surface area contributed by atoms with Crippen molar-refractivity contribution in [2.75, 3.05) is 11.9 Å². The summed E-state index contributed by atoms with van der Waals surface area (Å²) in [6.07, 6.45) is 3.26. The highest BCUT2D eigenvalue weighted by atomic mass is 19.1. The van der Waals surface area contributed by atoms with Crippen LogP contribution >= 0.6 is 0 Å². The molecule has 1 saturated carbocycles. The summed E-state index contributed by atoms with van der Waals surface area (Å²) in [6.45, 7) is 0.387. The zero-order chi connectivity index (χ0) is 15.0. The average Bonchev–Trinajstić information content (AvgIpc) is 2.73. The van der Waals surface area contributed by atoms with Gasteiger partial charge in [0.15, 0.2) is 0 Å². The zero-order valence-electron chi connectivity index (χ0n) is 11.4. The third-order valence-electron chi connectivity index (χ3n) is 4.23. The molecule has 0 spiro atoms. The van der Waals surface area contributed by atoms with Crippen molar-refractivity contribution < 1.29 is 18.4 Å². The van der Waals surface area contributed by atoms with Crippen LogP contribution in [0.2, 0.25) is 0 Å². The number of hydrogen-bond donors (Lipinski definition) is 1. The van der Waals surface area contributed by atoms with Crippen LogP contribution in [0.5, 0.6) is 0 Å². The van der Waals surface area contributed by atoms with Crippen LogP contribution in [0, 0.1) is 17.6 Å². The van der Waals surface area contributed by atoms with E-state index in [1.54, 1.807) is 4.90 Å². The lowest BCUT2D eigenvalue weighted by molar-refractivity contribution is -0.131. The van der Waals surface area contributed by atoms with Gasteiger partial charge in [0, 0.05) is 25.1 Å². The highest BCUT2D eigenvalue weighted by Crippen LogP contribution is 2.31. The predicted octanol–water partition coefficient (Wildman–Crippen LogP) is 2.30. The molecule has 1 saturated heterocycles. The molecule has 1 unspecified atom stereocenters. The van der Waals surface area contributed by atoms with E-state index in [4.69, 9.17) is 0 Å². The molecule has 1 aromatic carbocycles. The van der Waals surface area contributed by atoms with E-state index >= 15 is 0 Å². The first kappa shape index (κ1) is 14.0. The minimum Gasteiger partial charge on any atom is -0.339 e. The number of nitrogens with zero attached hydrogens (tertiary/aromatic N) is 1. The zero-order valence-corrected chi connectivity index (χ0v) is 11.4. The average molecular weight is 294 g/mol. The van der Waals surface area contributed by atoms with E-state index < -0.39 is 23.5 Å². The number of hydrogen-bond acceptors (Lipinski definition) is 2. The van der Waals surface area contributed by atoms with Crippen molar-refractivity contribution in [1.29, 1.82) is 0 Å². The van der Waals surface area contributed by atoms with Crippen LogP contribution in [0.15, 0.2) is 18.2 Å². The van der Waals surface area contributed by atoms with E-state index in [1.165, 1.54) is 6.07 Å². The molecule has 4 nitrogen and oxygen atoms in total. The van der Waals surface area contributed by atoms with Crippen LogP contribution in [-0.4, -0.2) is 29.3 Å². The molecule has 21 heavy (non-hydrogen) atoms. The molecule has 3 rings (SSSR count). The molecule has 1 heterocycles. The molecule has 2 aliphatic rings. The normalized spacial score (nSPS) is 22.3. The van der Waals surface area contributed by atoms with Crippen molar-refractivity contribution in [1.82, 2.24) is 4.90 Å². The summed E-state index contributed by atoms with van der Waals surface area (Å²) in [4.78, 5) is 25.8. The molecule has 1 aliphatic carbocycles. The lowest BCUT2D eigenvalue weighted by atomic mass is 9.92. The quantitative estimate of drug-likeness (QED) is 0.930. The first-order valence-corrected chi connectivity index (χ1v) is 7.10. The molecule has 6 heteroatoms. The number of halogens is 2. The number of likely N-dealkylation sites (tertiary alicyclic amines) is 1. The van der Waals surface area contributed by atoms with Gasteiger partial charge in [-0.2, -0.15) is 0 Å². The monoisotopic (exact) mass is 294 g/mol. The summed E-state index contributed by atoms with van der Waals surface area (Å²) in [5.74, 6) is -2.39. The first-order valence-electron chi connectivity index (χ1n) is 7.10. The molecule has 0 bridgehead atoms. The van der Waals surface area contributed by atoms with E-state index in [9.17, 15) is 18.4 Å². The standard InChI is InChI=1S/C15H16F2N2O2/c16-10-4-5-13(12(17)7-10)18-15(21)9-6-14(20)19(8-9)11-2-1-3-11/h4-5,7,9,11H,1-3,6,8H2,(H,18,21). The molecule has 2 amide bonds. The molecule has 2 fully saturated rings. The fourth-order valence-corrected chi connectivity index (χ4v) is 2.78. The van der Waals surface area contributed by atoms with Gasteiger partial charge in [-0.05, 0) is 31.4 Å². The van der Waals surface area contributed by atoms with Crippen molar-refractivity contribution in [2.24, 2.45) is 5.92 Å². The van der Waals surface area contributed by atoms with Crippen molar-refractivity contribution in [3.8, 4) is 0 Å². The number of anilines is 1. The Morgan fingerprint density at radius 3 is 2.67 bits per heavy atom. The Morgan fingerprint density at radius 2 is 2.05 bits per heavy atom. The Bertz CT molecular complexity index is 587. The Morgan fingerprint density at radius 1 is 1.29 bits per heavy atom. The van der Waals surface area contributed by atoms with Gasteiger partial charge in [0.2, 0.25) is 11.8 Å². The van der Waals surface area contributed by atoms with Gasteiger partial charge in [0.1, 0.15) is 11.6 Å². The molecule has 1 aromatic rings. The van der Waals surface area contributed by atoms with Crippen LogP contribution in [0.25, 0.3) is 0 Å². The number of carbonyl (C=O) groups is 2. The summed E-state index contributed by atoms with van der Waals surface area (Å²) in [6, 6.07) is 3.25. The van der Waals surface area contributed by atoms with Crippen molar-refractivity contribution in [2.45, 2.75) is 31.7 Å². The Labute approximate surface area is 121 Å². The van der Waals surface area contributed by atoms with Crippen LogP contribution in [0.4, 0.5) is 14.5 Å². The fraction of sp³-hybridized carbons (Fsp3) is 0.467. The highest BCUT2D eigenvalue weighted by molar-refractivity contribution is 5.97. The number of rotatable bonds is 3. The predicted molar refractivity (Wildman–Crippen MR) is 72.4 cm³/mol. The number of benzene rings is 1. The van der Waals surface area contributed by atoms with Crippen LogP contribution < -0.4 is 5.32 Å². The van der Waals surface area contributed by atoms with Gasteiger partial charge >= 0.3 is 0 Å². The Hall–Kier alpha value is -1.98. The molecule has 1 N–H and O–H groups in total. The smallest absolute Gasteiger partial charge is 0.229 e. The van der Waals surface area contributed by atoms with E-state index in [2.05, 4.69) is 5.32 Å². The minimum atomic E-state index is -0.816. The number of nitrogens with one attached hydrogen (secondary N) is 1. The fourth-order valence-electron chi connectivity index (χ4n) is 2.78. The SMILES string of the molecule is O=C(Nc1ccc(F)cc1F)C1CC(=O)N(C2CCC2)C1. The Balaban J connectivity index is 1.64. The summed E-state index contributed by atoms with van der Waals surface area (Å²) in [5, 5.41) is 2.44. The van der Waals surface area contributed by atoms with E-state index in [1.807, 2.05) is 0 Å². The molecular formula is C15H16F2N2O2. The summed E-state index contributed by atoms with van der Waals surface area (Å²) < 4.78 is 26.3. The maximum atomic E-state index is 13.5. The van der Waals surface area contributed by atoms with E-state index in [0.29, 0.717) is 6.54 Å². The van der Waals surface area contributed by atoms with Crippen LogP contribution in [0.1, 0.15) is 25.7 Å². The Kier molecular flexibility index (Phi) is 3.61. The van der Waals surface area contributed by atoms with E-state index in [0.717, 1.165) is 31.4 Å². The van der Waals surface area contributed by atoms with Crippen molar-refractivity contribution in [3.63, 3.8) is 0 Å². The maximum Gasteiger partial charge on any atom is 0.229 e. The number of amides is 2. The summed E-state index contributed by atoms with van der Waals surface area (Å²) in [7, 11) is 0. The second-order valence-corrected chi connectivity index (χ2v) is 5.65. The van der Waals surface area contributed by atoms with Crippen LogP contribution in [0.3, 0.4) is 0 Å². The van der Waals surface area contributed by atoms with E-state index in [-0.39, 0.29) is 24.1 Å². The molecule has 1 atom stereocenters. The topological polar surface area (TPSA) is 49.4 Å². The second kappa shape index (κ2) is 5.42. The van der Waals surface area contributed by atoms with Gasteiger partial charge in [0.25, 0.3) is 0 Å². The van der Waals surface area contributed by atoms with Gasteiger partial charge in [-0.25, -0.2) is 8.78 Å². The van der Waals surface area contributed by atoms with Gasteiger partial charge < -0.3 is 10.2 Å². The summed E-state index contributed by atoms with van der Waals surface area (Å²) in [5.41, 5.74) is -0.0593. The molecule has 1 aliphatic heterocycles. The number of carbonyl (C=O) groups excluding carboxylic acids is 2. The van der Waals surface area contributed by atoms with Crippen molar-refractivity contribution in [3.05, 3.63) is 29.8 Å². The molecule has 112 valence electrons. The second-order valence-electron chi connectivity index (χ2n) is 5.65. The first-order chi connectivity index (χ1) is 10.0. The molecule has 0 aromatic heterocycles. The third kappa shape index (κ3) is 2.75. The maximum absolute atomic E-state index is 13.5. The highest BCUT2D eigenvalue weighted by Gasteiger charge is 2.39. The van der Waals surface area contributed by atoms with Gasteiger partial charge in [0.05, 0.1) is 11.6 Å². The van der Waals surface area contributed by atoms with Gasteiger partial charge in [-0.1, -0.05) is 0 Å². The third-order valence-corrected chi connectivity index (χ3v) is 4.23. The largest absolute Gasteiger partial charge is 0.339 e. The van der Waals surface area contributed by atoms with Gasteiger partial charge in [-0.3, -0.25) is 9.59 Å². The minimum absolute atomic E-state index is 0.0144. The van der Waals surface area contributed by atoms with Crippen LogP contribution in [-0.2, 0) is 9.59 Å². The summed E-state index contributed by atoms with van der Waals surface area (Å²) >= 11 is 0. The lowest BCUT2D eigenvalue weighted by Gasteiger charge is -2.34. The van der Waals surface area contributed by atoms with Crippen molar-refractivity contribution >= 4 is 17.5 Å². The van der Waals surface area contributed by atoms with Gasteiger partial charge in [-0.15, -0.1) is 0 Å². The molecule has 0 radical (unpaired) electrons.